The molecule has 2 N–H and O–H groups in total. The van der Waals surface area contributed by atoms with Crippen molar-refractivity contribution in [3.8, 4) is 11.4 Å². The third-order valence-corrected chi connectivity index (χ3v) is 7.49. The van der Waals surface area contributed by atoms with Gasteiger partial charge in [0.15, 0.2) is 11.5 Å². The smallest absolute Gasteiger partial charge is 0.318 e. The van der Waals surface area contributed by atoms with E-state index >= 15 is 0 Å². The molecule has 2 saturated heterocycles. The highest BCUT2D eigenvalue weighted by molar-refractivity contribution is 5.94. The van der Waals surface area contributed by atoms with Gasteiger partial charge in [-0.25, -0.2) is 19.4 Å². The van der Waals surface area contributed by atoms with Crippen LogP contribution in [0.5, 0.6) is 0 Å². The zero-order valence-corrected chi connectivity index (χ0v) is 22.4. The molecule has 0 bridgehead atoms. The number of aromatic nitrogens is 4. The number of rotatable bonds is 5. The van der Waals surface area contributed by atoms with Crippen molar-refractivity contribution in [1.29, 1.82) is 0 Å². The molecule has 11 heteroatoms. The first-order valence-corrected chi connectivity index (χ1v) is 13.6. The van der Waals surface area contributed by atoms with E-state index in [0.29, 0.717) is 37.8 Å². The monoisotopic (exact) mass is 540 g/mol. The summed E-state index contributed by atoms with van der Waals surface area (Å²) in [6, 6.07) is 16.8. The predicted molar refractivity (Wildman–Crippen MR) is 152 cm³/mol. The van der Waals surface area contributed by atoms with Crippen LogP contribution in [0.15, 0.2) is 60.8 Å². The van der Waals surface area contributed by atoms with Crippen molar-refractivity contribution in [2.75, 3.05) is 56.7 Å². The van der Waals surface area contributed by atoms with E-state index in [1.54, 1.807) is 7.05 Å². The van der Waals surface area contributed by atoms with Crippen LogP contribution in [-0.4, -0.2) is 83.0 Å². The Kier molecular flexibility index (Phi) is 7.28. The largest absolute Gasteiger partial charge is 0.378 e. The Morgan fingerprint density at radius 1 is 0.925 bits per heavy atom. The number of hydrogen-bond donors (Lipinski definition) is 2. The van der Waals surface area contributed by atoms with E-state index in [9.17, 15) is 9.59 Å². The number of benzene rings is 2. The van der Waals surface area contributed by atoms with E-state index in [4.69, 9.17) is 19.8 Å². The Morgan fingerprint density at radius 2 is 1.65 bits per heavy atom. The fourth-order valence-corrected chi connectivity index (χ4v) is 5.30. The van der Waals surface area contributed by atoms with E-state index < -0.39 is 0 Å². The van der Waals surface area contributed by atoms with Crippen LogP contribution in [0.3, 0.4) is 0 Å². The van der Waals surface area contributed by atoms with Crippen LogP contribution in [0.2, 0.25) is 0 Å². The molecule has 0 aliphatic carbocycles. The van der Waals surface area contributed by atoms with E-state index in [2.05, 4.69) is 15.5 Å². The molecule has 3 amide bonds. The van der Waals surface area contributed by atoms with Crippen molar-refractivity contribution in [1.82, 2.24) is 30.0 Å². The summed E-state index contributed by atoms with van der Waals surface area (Å²) >= 11 is 0. The topological polar surface area (TPSA) is 118 Å². The van der Waals surface area contributed by atoms with Crippen molar-refractivity contribution in [3.63, 3.8) is 0 Å². The quantitative estimate of drug-likeness (QED) is 0.398. The van der Waals surface area contributed by atoms with Crippen LogP contribution >= 0.6 is 0 Å². The van der Waals surface area contributed by atoms with Crippen molar-refractivity contribution in [2.45, 2.75) is 18.9 Å². The van der Waals surface area contributed by atoms with Crippen LogP contribution < -0.4 is 15.5 Å². The first-order chi connectivity index (χ1) is 19.6. The predicted octanol–water partition coefficient (Wildman–Crippen LogP) is 3.56. The van der Waals surface area contributed by atoms with E-state index in [1.165, 1.54) is 0 Å². The van der Waals surface area contributed by atoms with Crippen molar-refractivity contribution < 1.29 is 14.3 Å². The summed E-state index contributed by atoms with van der Waals surface area (Å²) in [5.74, 6) is 1.51. The molecular formula is C29H32N8O3. The molecular weight excluding hydrogens is 508 g/mol. The molecule has 2 aromatic carbocycles. The summed E-state index contributed by atoms with van der Waals surface area (Å²) in [6.07, 6.45) is 3.45. The van der Waals surface area contributed by atoms with Gasteiger partial charge in [0.2, 0.25) is 0 Å². The van der Waals surface area contributed by atoms with E-state index in [1.807, 2.05) is 70.4 Å². The van der Waals surface area contributed by atoms with Crippen LogP contribution in [0.4, 0.5) is 16.3 Å². The SMILES string of the molecule is CNC(=O)Nc1ccc(-c2nc(N3CCOCC3)c3cnn(C4CCN(C(=O)c5ccccc5)CC4)c3n2)cc1. The number of hydrogen-bond acceptors (Lipinski definition) is 7. The zero-order valence-electron chi connectivity index (χ0n) is 22.4. The number of carbonyl (C=O) groups is 2. The normalized spacial score (nSPS) is 16.2. The second kappa shape index (κ2) is 11.3. The highest BCUT2D eigenvalue weighted by Gasteiger charge is 2.28. The number of nitrogens with one attached hydrogen (secondary N) is 2. The Bertz CT molecular complexity index is 1490. The number of anilines is 2. The minimum Gasteiger partial charge on any atom is -0.378 e. The average molecular weight is 541 g/mol. The highest BCUT2D eigenvalue weighted by Crippen LogP contribution is 2.32. The number of urea groups is 1. The molecule has 2 fully saturated rings. The molecule has 0 radical (unpaired) electrons. The van der Waals surface area contributed by atoms with Gasteiger partial charge in [0.25, 0.3) is 5.91 Å². The van der Waals surface area contributed by atoms with Crippen molar-refractivity contribution >= 4 is 34.5 Å². The maximum absolute atomic E-state index is 13.0. The van der Waals surface area contributed by atoms with Crippen LogP contribution in [0, 0.1) is 0 Å². The fraction of sp³-hybridized carbons (Fsp3) is 0.345. The van der Waals surface area contributed by atoms with Crippen LogP contribution in [0.1, 0.15) is 29.2 Å². The first kappa shape index (κ1) is 25.8. The molecule has 206 valence electrons. The maximum atomic E-state index is 13.0. The number of fused-ring (bicyclic) bond motifs is 1. The van der Waals surface area contributed by atoms with Crippen LogP contribution in [0.25, 0.3) is 22.4 Å². The Labute approximate surface area is 232 Å². The third kappa shape index (κ3) is 5.20. The fourth-order valence-electron chi connectivity index (χ4n) is 5.30. The van der Waals surface area contributed by atoms with Gasteiger partial charge in [-0.15, -0.1) is 0 Å². The molecule has 6 rings (SSSR count). The molecule has 2 aliphatic rings. The third-order valence-electron chi connectivity index (χ3n) is 7.49. The summed E-state index contributed by atoms with van der Waals surface area (Å²) in [4.78, 5) is 38.8. The van der Waals surface area contributed by atoms with Gasteiger partial charge in [0.05, 0.1) is 30.8 Å². The summed E-state index contributed by atoms with van der Waals surface area (Å²) in [5, 5.41) is 11.0. The van der Waals surface area contributed by atoms with Crippen LogP contribution in [-0.2, 0) is 4.74 Å². The summed E-state index contributed by atoms with van der Waals surface area (Å²) < 4.78 is 7.60. The minimum atomic E-state index is -0.277. The standard InChI is InChI=1S/C29H32N8O3/c1-30-29(39)32-22-9-7-20(8-10-22)25-33-26(35-15-17-40-18-16-35)24-19-31-37(27(24)34-25)23-11-13-36(14-12-23)28(38)21-5-3-2-4-6-21/h2-10,19,23H,11-18H2,1H3,(H2,30,32,39). The van der Waals surface area contributed by atoms with Gasteiger partial charge >= 0.3 is 6.03 Å². The number of nitrogens with zero attached hydrogens (tertiary/aromatic N) is 6. The number of amides is 3. The van der Waals surface area contributed by atoms with Gasteiger partial charge in [-0.05, 0) is 49.2 Å². The van der Waals surface area contributed by atoms with E-state index in [-0.39, 0.29) is 18.0 Å². The molecule has 4 aromatic rings. The maximum Gasteiger partial charge on any atom is 0.318 e. The molecule has 0 spiro atoms. The molecule has 40 heavy (non-hydrogen) atoms. The molecule has 4 heterocycles. The lowest BCUT2D eigenvalue weighted by molar-refractivity contribution is 0.0691. The molecule has 0 saturated carbocycles. The number of carbonyl (C=O) groups excluding carboxylic acids is 2. The highest BCUT2D eigenvalue weighted by atomic mass is 16.5. The summed E-state index contributed by atoms with van der Waals surface area (Å²) in [6.45, 7) is 4.09. The van der Waals surface area contributed by atoms with Gasteiger partial charge in [0, 0.05) is 50.0 Å². The van der Waals surface area contributed by atoms with Crippen molar-refractivity contribution in [2.24, 2.45) is 0 Å². The second-order valence-corrected chi connectivity index (χ2v) is 9.97. The van der Waals surface area contributed by atoms with Gasteiger partial charge in [-0.1, -0.05) is 18.2 Å². The number of likely N-dealkylation sites (tertiary alicyclic amines) is 1. The molecule has 0 unspecified atom stereocenters. The first-order valence-electron chi connectivity index (χ1n) is 13.6. The molecule has 0 atom stereocenters. The lowest BCUT2D eigenvalue weighted by Gasteiger charge is -2.32. The Balaban J connectivity index is 1.30. The number of ether oxygens (including phenoxy) is 1. The van der Waals surface area contributed by atoms with Crippen molar-refractivity contribution in [3.05, 3.63) is 66.4 Å². The average Bonchev–Trinajstić information content (AvgIpc) is 3.45. The molecule has 11 nitrogen and oxygen atoms in total. The molecule has 2 aliphatic heterocycles. The molecule has 2 aromatic heterocycles. The van der Waals surface area contributed by atoms with Gasteiger partial charge in [-0.3, -0.25) is 4.79 Å². The number of morpholine rings is 1. The zero-order chi connectivity index (χ0) is 27.5. The lowest BCUT2D eigenvalue weighted by atomic mass is 10.0. The van der Waals surface area contributed by atoms with Gasteiger partial charge in [-0.2, -0.15) is 5.10 Å². The second-order valence-electron chi connectivity index (χ2n) is 9.97. The van der Waals surface area contributed by atoms with Gasteiger partial charge in [0.1, 0.15) is 5.82 Å². The Hall–Kier alpha value is -4.51. The number of piperidine rings is 1. The van der Waals surface area contributed by atoms with E-state index in [0.717, 1.165) is 53.9 Å². The lowest BCUT2D eigenvalue weighted by Crippen LogP contribution is -2.39. The minimum absolute atomic E-state index is 0.0675. The summed E-state index contributed by atoms with van der Waals surface area (Å²) in [5.41, 5.74) is 3.02. The summed E-state index contributed by atoms with van der Waals surface area (Å²) in [7, 11) is 1.58. The Morgan fingerprint density at radius 3 is 2.35 bits per heavy atom. The van der Waals surface area contributed by atoms with Gasteiger partial charge < -0.3 is 25.2 Å².